The Bertz CT molecular complexity index is 1050. The molecular weight excluding hydrogens is 356 g/mol. The molecule has 28 heavy (non-hydrogen) atoms. The molecule has 0 bridgehead atoms. The van der Waals surface area contributed by atoms with E-state index < -0.39 is 0 Å². The van der Waals surface area contributed by atoms with Gasteiger partial charge < -0.3 is 9.73 Å². The third-order valence-electron chi connectivity index (χ3n) is 5.05. The van der Waals surface area contributed by atoms with Crippen LogP contribution in [0.4, 0.5) is 5.69 Å². The lowest BCUT2D eigenvalue weighted by Crippen LogP contribution is -2.26. The number of benzene rings is 1. The van der Waals surface area contributed by atoms with E-state index in [9.17, 15) is 9.59 Å². The highest BCUT2D eigenvalue weighted by Crippen LogP contribution is 2.38. The van der Waals surface area contributed by atoms with Crippen LogP contribution in [0, 0.1) is 12.3 Å². The molecule has 0 aliphatic heterocycles. The normalized spacial score (nSPS) is 15.3. The van der Waals surface area contributed by atoms with Crippen LogP contribution >= 0.6 is 0 Å². The van der Waals surface area contributed by atoms with Crippen molar-refractivity contribution in [1.29, 1.82) is 0 Å². The molecule has 0 unspecified atom stereocenters. The molecule has 2 aromatic heterocycles. The number of amides is 1. The SMILES string of the molecule is Cc1c(C(=O)Nc2ccccc2Cn2cncn2)oc2c1C(=O)CC(C)(C)C2. The number of anilines is 1. The first kappa shape index (κ1) is 18.2. The number of para-hydroxylation sites is 1. The van der Waals surface area contributed by atoms with E-state index in [0.29, 0.717) is 42.0 Å². The van der Waals surface area contributed by atoms with Gasteiger partial charge in [0.05, 0.1) is 12.1 Å². The van der Waals surface area contributed by atoms with Gasteiger partial charge in [-0.2, -0.15) is 5.10 Å². The predicted octanol–water partition coefficient (Wildman–Crippen LogP) is 3.64. The molecule has 0 atom stereocenters. The Labute approximate surface area is 162 Å². The second kappa shape index (κ2) is 6.74. The summed E-state index contributed by atoms with van der Waals surface area (Å²) in [6.07, 6.45) is 4.19. The maximum Gasteiger partial charge on any atom is 0.291 e. The van der Waals surface area contributed by atoms with Crippen molar-refractivity contribution in [3.63, 3.8) is 0 Å². The molecule has 0 fully saturated rings. The second-order valence-corrected chi connectivity index (χ2v) is 8.00. The molecule has 1 N–H and O–H groups in total. The summed E-state index contributed by atoms with van der Waals surface area (Å²) in [6, 6.07) is 7.51. The number of hydrogen-bond acceptors (Lipinski definition) is 5. The van der Waals surface area contributed by atoms with Crippen LogP contribution in [-0.2, 0) is 13.0 Å². The van der Waals surface area contributed by atoms with E-state index >= 15 is 0 Å². The quantitative estimate of drug-likeness (QED) is 0.749. The molecule has 1 aliphatic carbocycles. The minimum absolute atomic E-state index is 0.0399. The average molecular weight is 378 g/mol. The van der Waals surface area contributed by atoms with Gasteiger partial charge >= 0.3 is 0 Å². The van der Waals surface area contributed by atoms with Crippen LogP contribution in [0.15, 0.2) is 41.3 Å². The van der Waals surface area contributed by atoms with Crippen molar-refractivity contribution >= 4 is 17.4 Å². The lowest BCUT2D eigenvalue weighted by Gasteiger charge is -2.27. The largest absolute Gasteiger partial charge is 0.455 e. The zero-order chi connectivity index (χ0) is 19.9. The topological polar surface area (TPSA) is 90.0 Å². The standard InChI is InChI=1S/C21H22N4O3/c1-13-18-16(26)8-21(2,3)9-17(18)28-19(13)20(27)24-15-7-5-4-6-14(15)10-25-12-22-11-23-25/h4-7,11-12H,8-10H2,1-3H3,(H,24,27). The van der Waals surface area contributed by atoms with Crippen molar-refractivity contribution in [3.8, 4) is 0 Å². The van der Waals surface area contributed by atoms with Gasteiger partial charge in [-0.05, 0) is 24.0 Å². The fourth-order valence-corrected chi connectivity index (χ4v) is 3.75. The molecule has 1 aromatic carbocycles. The number of carbonyl (C=O) groups is 2. The zero-order valence-electron chi connectivity index (χ0n) is 16.2. The molecule has 1 aliphatic rings. The molecule has 2 heterocycles. The van der Waals surface area contributed by atoms with Crippen LogP contribution in [0.1, 0.15) is 58.1 Å². The maximum atomic E-state index is 12.9. The van der Waals surface area contributed by atoms with Gasteiger partial charge in [0.1, 0.15) is 18.4 Å². The van der Waals surface area contributed by atoms with Crippen molar-refractivity contribution in [1.82, 2.24) is 14.8 Å². The van der Waals surface area contributed by atoms with Gasteiger partial charge in [-0.3, -0.25) is 9.59 Å². The van der Waals surface area contributed by atoms with Gasteiger partial charge in [-0.1, -0.05) is 32.0 Å². The van der Waals surface area contributed by atoms with E-state index in [4.69, 9.17) is 4.42 Å². The Morgan fingerprint density at radius 2 is 2.07 bits per heavy atom. The van der Waals surface area contributed by atoms with Crippen molar-refractivity contribution in [2.45, 2.75) is 40.2 Å². The predicted molar refractivity (Wildman–Crippen MR) is 103 cm³/mol. The summed E-state index contributed by atoms with van der Waals surface area (Å²) >= 11 is 0. The molecule has 3 aromatic rings. The maximum absolute atomic E-state index is 12.9. The van der Waals surface area contributed by atoms with E-state index in [2.05, 4.69) is 15.4 Å². The highest BCUT2D eigenvalue weighted by atomic mass is 16.4. The molecule has 7 nitrogen and oxygen atoms in total. The van der Waals surface area contributed by atoms with Gasteiger partial charge in [0.2, 0.25) is 0 Å². The fraction of sp³-hybridized carbons (Fsp3) is 0.333. The lowest BCUT2D eigenvalue weighted by atomic mass is 9.76. The number of nitrogens with zero attached hydrogens (tertiary/aromatic N) is 3. The van der Waals surface area contributed by atoms with Crippen LogP contribution in [-0.4, -0.2) is 26.5 Å². The Balaban J connectivity index is 1.62. The number of rotatable bonds is 4. The van der Waals surface area contributed by atoms with Gasteiger partial charge in [0, 0.05) is 24.1 Å². The van der Waals surface area contributed by atoms with E-state index in [1.807, 2.05) is 38.1 Å². The van der Waals surface area contributed by atoms with Crippen molar-refractivity contribution in [3.05, 3.63) is 65.1 Å². The minimum atomic E-state index is -0.358. The van der Waals surface area contributed by atoms with Crippen LogP contribution in [0.5, 0.6) is 0 Å². The number of fused-ring (bicyclic) bond motifs is 1. The van der Waals surface area contributed by atoms with Gasteiger partial charge in [0.25, 0.3) is 5.91 Å². The minimum Gasteiger partial charge on any atom is -0.455 e. The Morgan fingerprint density at radius 1 is 1.29 bits per heavy atom. The fourth-order valence-electron chi connectivity index (χ4n) is 3.75. The smallest absolute Gasteiger partial charge is 0.291 e. The molecule has 0 saturated heterocycles. The van der Waals surface area contributed by atoms with Gasteiger partial charge in [-0.15, -0.1) is 0 Å². The third kappa shape index (κ3) is 3.35. The number of carbonyl (C=O) groups excluding carboxylic acids is 2. The Hall–Kier alpha value is -3.22. The van der Waals surface area contributed by atoms with Crippen LogP contribution in [0.3, 0.4) is 0 Å². The van der Waals surface area contributed by atoms with E-state index in [0.717, 1.165) is 5.56 Å². The van der Waals surface area contributed by atoms with Crippen LogP contribution < -0.4 is 5.32 Å². The molecule has 144 valence electrons. The van der Waals surface area contributed by atoms with Gasteiger partial charge in [-0.25, -0.2) is 9.67 Å². The summed E-state index contributed by atoms with van der Waals surface area (Å²) in [7, 11) is 0. The molecular formula is C21H22N4O3. The summed E-state index contributed by atoms with van der Waals surface area (Å²) in [5, 5.41) is 7.03. The molecule has 0 spiro atoms. The van der Waals surface area contributed by atoms with E-state index in [1.165, 1.54) is 6.33 Å². The number of furan rings is 1. The molecule has 0 saturated carbocycles. The Morgan fingerprint density at radius 3 is 2.82 bits per heavy atom. The number of aromatic nitrogens is 3. The molecule has 1 amide bonds. The van der Waals surface area contributed by atoms with Crippen molar-refractivity contribution < 1.29 is 14.0 Å². The average Bonchev–Trinajstić information content (AvgIpc) is 3.23. The number of nitrogens with one attached hydrogen (secondary N) is 1. The first-order valence-corrected chi connectivity index (χ1v) is 9.21. The second-order valence-electron chi connectivity index (χ2n) is 8.00. The molecule has 7 heteroatoms. The van der Waals surface area contributed by atoms with E-state index in [1.54, 1.807) is 17.9 Å². The Kier molecular flexibility index (Phi) is 4.37. The summed E-state index contributed by atoms with van der Waals surface area (Å²) in [5.74, 6) is 0.494. The first-order valence-electron chi connectivity index (χ1n) is 9.21. The van der Waals surface area contributed by atoms with Crippen molar-refractivity contribution in [2.24, 2.45) is 5.41 Å². The lowest BCUT2D eigenvalue weighted by molar-refractivity contribution is 0.0898. The van der Waals surface area contributed by atoms with E-state index in [-0.39, 0.29) is 22.9 Å². The first-order chi connectivity index (χ1) is 13.3. The summed E-state index contributed by atoms with van der Waals surface area (Å²) in [5.41, 5.74) is 2.59. The van der Waals surface area contributed by atoms with Crippen LogP contribution in [0.2, 0.25) is 0 Å². The third-order valence-corrected chi connectivity index (χ3v) is 5.05. The number of Topliss-reactive ketones (excluding diaryl/α,β-unsaturated/α-hetero) is 1. The summed E-state index contributed by atoms with van der Waals surface area (Å²) in [6.45, 7) is 6.32. The molecule has 4 rings (SSSR count). The molecule has 0 radical (unpaired) electrons. The highest BCUT2D eigenvalue weighted by molar-refractivity contribution is 6.08. The monoisotopic (exact) mass is 378 g/mol. The summed E-state index contributed by atoms with van der Waals surface area (Å²) < 4.78 is 7.55. The van der Waals surface area contributed by atoms with Gasteiger partial charge in [0.15, 0.2) is 11.5 Å². The number of hydrogen-bond donors (Lipinski definition) is 1. The van der Waals surface area contributed by atoms with Crippen LogP contribution in [0.25, 0.3) is 0 Å². The zero-order valence-corrected chi connectivity index (χ0v) is 16.2. The van der Waals surface area contributed by atoms with Crippen molar-refractivity contribution in [2.75, 3.05) is 5.32 Å². The highest BCUT2D eigenvalue weighted by Gasteiger charge is 2.37. The summed E-state index contributed by atoms with van der Waals surface area (Å²) in [4.78, 5) is 29.4. The number of ketones is 1.